The van der Waals surface area contributed by atoms with E-state index in [9.17, 15) is 9.90 Å². The molecule has 1 N–H and O–H groups in total. The molecule has 0 aliphatic rings. The molecule has 0 saturated heterocycles. The quantitative estimate of drug-likeness (QED) is 0.586. The van der Waals surface area contributed by atoms with Gasteiger partial charge in [-0.1, -0.05) is 6.07 Å². The van der Waals surface area contributed by atoms with Crippen LogP contribution in [0, 0.1) is 0 Å². The summed E-state index contributed by atoms with van der Waals surface area (Å²) in [7, 11) is 1.55. The number of benzene rings is 1. The third-order valence-corrected chi connectivity index (χ3v) is 2.76. The van der Waals surface area contributed by atoms with Gasteiger partial charge in [-0.2, -0.15) is 0 Å². The van der Waals surface area contributed by atoms with Crippen LogP contribution in [-0.2, 0) is 9.53 Å². The second-order valence-corrected chi connectivity index (χ2v) is 4.34. The van der Waals surface area contributed by atoms with Gasteiger partial charge in [0.05, 0.1) is 26.4 Å². The maximum absolute atomic E-state index is 11.2. The number of methoxy groups -OCH3 is 1. The molecule has 0 amide bonds. The van der Waals surface area contributed by atoms with Crippen molar-refractivity contribution < 1.29 is 24.1 Å². The molecule has 1 aromatic rings. The lowest BCUT2D eigenvalue weighted by molar-refractivity contribution is -0.143. The van der Waals surface area contributed by atoms with Gasteiger partial charge in [0.25, 0.3) is 0 Å². The predicted octanol–water partition coefficient (Wildman–Crippen LogP) is 2.47. The van der Waals surface area contributed by atoms with Crippen molar-refractivity contribution >= 4 is 5.97 Å². The number of carbonyl (C=O) groups excluding carboxylic acids is 1. The van der Waals surface area contributed by atoms with Crippen LogP contribution in [0.15, 0.2) is 18.2 Å². The molecule has 0 heterocycles. The summed E-state index contributed by atoms with van der Waals surface area (Å²) in [6.45, 7) is 4.27. The Bertz CT molecular complexity index is 428. The van der Waals surface area contributed by atoms with Gasteiger partial charge >= 0.3 is 5.97 Å². The Morgan fingerprint density at radius 1 is 1.35 bits per heavy atom. The number of carbonyl (C=O) groups is 1. The van der Waals surface area contributed by atoms with Crippen LogP contribution in [0.3, 0.4) is 0 Å². The molecule has 0 radical (unpaired) electrons. The standard InChI is InChI=1S/C15H22O5/c1-4-19-15(17)6-5-9-20-13-8-7-12(11(2)16)10-14(13)18-3/h7-8,10-11,16H,4-6,9H2,1-3H3. The molecule has 1 aromatic carbocycles. The molecule has 1 atom stereocenters. The molecule has 5 nitrogen and oxygen atoms in total. The highest BCUT2D eigenvalue weighted by Crippen LogP contribution is 2.30. The number of aliphatic hydroxyl groups excluding tert-OH is 1. The van der Waals surface area contributed by atoms with E-state index < -0.39 is 6.10 Å². The van der Waals surface area contributed by atoms with Crippen molar-refractivity contribution in [3.05, 3.63) is 23.8 Å². The molecular weight excluding hydrogens is 260 g/mol. The van der Waals surface area contributed by atoms with Crippen LogP contribution < -0.4 is 9.47 Å². The van der Waals surface area contributed by atoms with Gasteiger partial charge in [-0.3, -0.25) is 4.79 Å². The third kappa shape index (κ3) is 5.09. The van der Waals surface area contributed by atoms with E-state index >= 15 is 0 Å². The first-order chi connectivity index (χ1) is 9.58. The Labute approximate surface area is 119 Å². The van der Waals surface area contributed by atoms with Gasteiger partial charge < -0.3 is 19.3 Å². The average Bonchev–Trinajstić information content (AvgIpc) is 2.43. The first kappa shape index (κ1) is 16.3. The molecule has 20 heavy (non-hydrogen) atoms. The van der Waals surface area contributed by atoms with Gasteiger partial charge in [0.2, 0.25) is 0 Å². The highest BCUT2D eigenvalue weighted by atomic mass is 16.5. The fourth-order valence-electron chi connectivity index (χ4n) is 1.70. The lowest BCUT2D eigenvalue weighted by atomic mass is 10.1. The highest BCUT2D eigenvalue weighted by Gasteiger charge is 2.09. The number of aliphatic hydroxyl groups is 1. The molecule has 0 fully saturated rings. The van der Waals surface area contributed by atoms with Gasteiger partial charge in [0.1, 0.15) is 0 Å². The Kier molecular flexibility index (Phi) is 6.87. The van der Waals surface area contributed by atoms with Crippen LogP contribution in [0.4, 0.5) is 0 Å². The second-order valence-electron chi connectivity index (χ2n) is 4.34. The van der Waals surface area contributed by atoms with Crippen LogP contribution in [0.1, 0.15) is 38.4 Å². The predicted molar refractivity (Wildman–Crippen MR) is 75.0 cm³/mol. The fraction of sp³-hybridized carbons (Fsp3) is 0.533. The van der Waals surface area contributed by atoms with Crippen LogP contribution in [0.5, 0.6) is 11.5 Å². The Morgan fingerprint density at radius 3 is 2.70 bits per heavy atom. The minimum absolute atomic E-state index is 0.215. The van der Waals surface area contributed by atoms with E-state index in [0.717, 1.165) is 5.56 Å². The van der Waals surface area contributed by atoms with E-state index in [-0.39, 0.29) is 5.97 Å². The largest absolute Gasteiger partial charge is 0.493 e. The number of esters is 1. The van der Waals surface area contributed by atoms with E-state index in [2.05, 4.69) is 0 Å². The van der Waals surface area contributed by atoms with Crippen molar-refractivity contribution in [2.24, 2.45) is 0 Å². The summed E-state index contributed by atoms with van der Waals surface area (Å²) in [6.07, 6.45) is 0.365. The monoisotopic (exact) mass is 282 g/mol. The third-order valence-electron chi connectivity index (χ3n) is 2.76. The SMILES string of the molecule is CCOC(=O)CCCOc1ccc(C(C)O)cc1OC. The average molecular weight is 282 g/mol. The van der Waals surface area contributed by atoms with Gasteiger partial charge in [-0.15, -0.1) is 0 Å². The second kappa shape index (κ2) is 8.43. The highest BCUT2D eigenvalue weighted by molar-refractivity contribution is 5.69. The lowest BCUT2D eigenvalue weighted by Crippen LogP contribution is -2.07. The van der Waals surface area contributed by atoms with Crippen molar-refractivity contribution in [1.29, 1.82) is 0 Å². The molecule has 0 aliphatic heterocycles. The van der Waals surface area contributed by atoms with E-state index in [0.29, 0.717) is 37.6 Å². The van der Waals surface area contributed by atoms with Crippen LogP contribution in [-0.4, -0.2) is 31.4 Å². The van der Waals surface area contributed by atoms with Crippen LogP contribution in [0.2, 0.25) is 0 Å². The van der Waals surface area contributed by atoms with Crippen molar-refractivity contribution in [1.82, 2.24) is 0 Å². The molecule has 0 saturated carbocycles. The van der Waals surface area contributed by atoms with Crippen molar-refractivity contribution in [2.45, 2.75) is 32.8 Å². The van der Waals surface area contributed by atoms with Crippen LogP contribution in [0.25, 0.3) is 0 Å². The van der Waals surface area contributed by atoms with Gasteiger partial charge in [0.15, 0.2) is 11.5 Å². The number of hydrogen-bond acceptors (Lipinski definition) is 5. The van der Waals surface area contributed by atoms with E-state index in [4.69, 9.17) is 14.2 Å². The van der Waals surface area contributed by atoms with Crippen molar-refractivity contribution in [2.75, 3.05) is 20.3 Å². The molecule has 1 unspecified atom stereocenters. The molecule has 112 valence electrons. The first-order valence-corrected chi connectivity index (χ1v) is 6.73. The first-order valence-electron chi connectivity index (χ1n) is 6.73. The zero-order valence-electron chi connectivity index (χ0n) is 12.2. The molecule has 5 heteroatoms. The summed E-state index contributed by atoms with van der Waals surface area (Å²) >= 11 is 0. The molecule has 0 aromatic heterocycles. The summed E-state index contributed by atoms with van der Waals surface area (Å²) in [5.74, 6) is 0.952. The summed E-state index contributed by atoms with van der Waals surface area (Å²) < 4.78 is 15.6. The van der Waals surface area contributed by atoms with E-state index in [1.54, 1.807) is 39.2 Å². The molecular formula is C15H22O5. The van der Waals surface area contributed by atoms with E-state index in [1.807, 2.05) is 0 Å². The van der Waals surface area contributed by atoms with Gasteiger partial charge in [0, 0.05) is 6.42 Å². The Hall–Kier alpha value is -1.75. The number of rotatable bonds is 8. The summed E-state index contributed by atoms with van der Waals surface area (Å²) in [4.78, 5) is 11.2. The fourth-order valence-corrected chi connectivity index (χ4v) is 1.70. The van der Waals surface area contributed by atoms with Crippen LogP contribution >= 0.6 is 0 Å². The number of hydrogen-bond donors (Lipinski definition) is 1. The topological polar surface area (TPSA) is 65.0 Å². The molecule has 1 rings (SSSR count). The lowest BCUT2D eigenvalue weighted by Gasteiger charge is -2.13. The maximum Gasteiger partial charge on any atom is 0.305 e. The summed E-state index contributed by atoms with van der Waals surface area (Å²) in [6, 6.07) is 5.28. The van der Waals surface area contributed by atoms with Crippen molar-refractivity contribution in [3.63, 3.8) is 0 Å². The van der Waals surface area contributed by atoms with E-state index in [1.165, 1.54) is 0 Å². The Balaban J connectivity index is 2.49. The zero-order chi connectivity index (χ0) is 15.0. The van der Waals surface area contributed by atoms with Gasteiger partial charge in [-0.25, -0.2) is 0 Å². The number of ether oxygens (including phenoxy) is 3. The smallest absolute Gasteiger partial charge is 0.305 e. The molecule has 0 spiro atoms. The summed E-state index contributed by atoms with van der Waals surface area (Å²) in [5.41, 5.74) is 0.765. The molecule has 0 bridgehead atoms. The zero-order valence-corrected chi connectivity index (χ0v) is 12.2. The summed E-state index contributed by atoms with van der Waals surface area (Å²) in [5, 5.41) is 9.51. The minimum atomic E-state index is -0.554. The van der Waals surface area contributed by atoms with Gasteiger partial charge in [-0.05, 0) is 38.0 Å². The minimum Gasteiger partial charge on any atom is -0.493 e. The maximum atomic E-state index is 11.2. The van der Waals surface area contributed by atoms with Crippen molar-refractivity contribution in [3.8, 4) is 11.5 Å². The normalized spacial score (nSPS) is 11.8. The Morgan fingerprint density at radius 2 is 2.10 bits per heavy atom. The molecule has 0 aliphatic carbocycles.